The van der Waals surface area contributed by atoms with Crippen LogP contribution in [0.2, 0.25) is 31.9 Å². The van der Waals surface area contributed by atoms with Crippen LogP contribution in [0.1, 0.15) is 6.92 Å². The molecule has 134 valence electrons. The Morgan fingerprint density at radius 1 is 0.826 bits per heavy atom. The first-order valence-electron chi connectivity index (χ1n) is 8.45. The number of rotatable bonds is 15. The normalized spacial score (nSPS) is 30.9. The molecule has 7 heteroatoms. The van der Waals surface area contributed by atoms with Gasteiger partial charge in [-0.1, -0.05) is 0 Å². The molecule has 0 radical (unpaired) electrons. The number of hydrogen-bond acceptors (Lipinski definition) is 4. The first-order chi connectivity index (χ1) is 11.3. The van der Waals surface area contributed by atoms with E-state index in [0.717, 1.165) is 66.0 Å². The third-order valence-corrected chi connectivity index (χ3v) is 18.7. The van der Waals surface area contributed by atoms with Gasteiger partial charge < -0.3 is 0 Å². The number of hydrogen-bond donors (Lipinski definition) is 0. The molecule has 3 aliphatic rings. The Morgan fingerprint density at radius 2 is 1.22 bits per heavy atom. The van der Waals surface area contributed by atoms with E-state index in [1.54, 1.807) is 31.9 Å². The molecule has 0 aliphatic carbocycles. The van der Waals surface area contributed by atoms with Crippen molar-refractivity contribution in [3.05, 3.63) is 0 Å². The van der Waals surface area contributed by atoms with Gasteiger partial charge in [0.05, 0.1) is 0 Å². The van der Waals surface area contributed by atoms with Crippen LogP contribution in [0, 0.1) is 5.41 Å². The summed E-state index contributed by atoms with van der Waals surface area (Å²) in [4.78, 5) is 0. The summed E-state index contributed by atoms with van der Waals surface area (Å²) in [7, 11) is 0. The van der Waals surface area contributed by atoms with E-state index in [1.165, 1.54) is 28.8 Å². The van der Waals surface area contributed by atoms with E-state index in [9.17, 15) is 0 Å². The summed E-state index contributed by atoms with van der Waals surface area (Å²) in [5.74, 6) is 7.24. The van der Waals surface area contributed by atoms with Gasteiger partial charge in [-0.25, -0.2) is 0 Å². The molecule has 0 spiro atoms. The standard InChI is InChI=1S/C16H28S4Se3/c1-2-17-9-16(10-21-6-13-3-18-13,11-22-7-14-4-19-14)12-23-8-15-5-20-15/h13-15H,2-12H2,1H3. The van der Waals surface area contributed by atoms with E-state index in [-0.39, 0.29) is 0 Å². The van der Waals surface area contributed by atoms with Gasteiger partial charge in [0.15, 0.2) is 0 Å². The quantitative estimate of drug-likeness (QED) is 0.202. The fraction of sp³-hybridized carbons (Fsp3) is 1.00. The first kappa shape index (κ1) is 20.7. The van der Waals surface area contributed by atoms with Crippen molar-refractivity contribution in [1.82, 2.24) is 0 Å². The Morgan fingerprint density at radius 3 is 1.52 bits per heavy atom. The third-order valence-electron chi connectivity index (χ3n) is 3.96. The van der Waals surface area contributed by atoms with E-state index in [4.69, 9.17) is 0 Å². The Bertz CT molecular complexity index is 301. The van der Waals surface area contributed by atoms with E-state index in [1.807, 2.05) is 0 Å². The van der Waals surface area contributed by atoms with Gasteiger partial charge in [-0.2, -0.15) is 0 Å². The predicted molar refractivity (Wildman–Crippen MR) is 120 cm³/mol. The van der Waals surface area contributed by atoms with Gasteiger partial charge in [-0.15, -0.1) is 0 Å². The average molecular weight is 586 g/mol. The molecular weight excluding hydrogens is 557 g/mol. The van der Waals surface area contributed by atoms with Crippen LogP contribution in [-0.2, 0) is 0 Å². The van der Waals surface area contributed by atoms with Gasteiger partial charge in [0.2, 0.25) is 0 Å². The van der Waals surface area contributed by atoms with Crippen LogP contribution in [-0.4, -0.2) is 89.4 Å². The van der Waals surface area contributed by atoms with Gasteiger partial charge in [-0.05, 0) is 0 Å². The van der Waals surface area contributed by atoms with Gasteiger partial charge in [0.1, 0.15) is 0 Å². The van der Waals surface area contributed by atoms with Crippen molar-refractivity contribution in [2.75, 3.05) is 28.8 Å². The van der Waals surface area contributed by atoms with Crippen LogP contribution in [0.3, 0.4) is 0 Å². The predicted octanol–water partition coefficient (Wildman–Crippen LogP) is 4.69. The van der Waals surface area contributed by atoms with Crippen molar-refractivity contribution < 1.29 is 0 Å². The Balaban J connectivity index is 1.47. The molecule has 0 bridgehead atoms. The van der Waals surface area contributed by atoms with Crippen molar-refractivity contribution in [3.63, 3.8) is 0 Å². The topological polar surface area (TPSA) is 0 Å². The van der Waals surface area contributed by atoms with Crippen molar-refractivity contribution in [2.45, 2.75) is 54.6 Å². The molecule has 0 saturated carbocycles. The molecule has 3 aliphatic heterocycles. The minimum atomic E-state index is 0.763. The van der Waals surface area contributed by atoms with Gasteiger partial charge in [-0.3, -0.25) is 0 Å². The first-order valence-corrected chi connectivity index (χ1v) is 20.0. The van der Waals surface area contributed by atoms with Gasteiger partial charge >= 0.3 is 181 Å². The van der Waals surface area contributed by atoms with E-state index in [0.29, 0.717) is 0 Å². The summed E-state index contributed by atoms with van der Waals surface area (Å²) in [5.41, 5.74) is 0.763. The molecule has 0 aromatic carbocycles. The molecule has 3 unspecified atom stereocenters. The van der Waals surface area contributed by atoms with Crippen molar-refractivity contribution >= 4 is 91.9 Å². The summed E-state index contributed by atoms with van der Waals surface area (Å²) in [6.07, 6.45) is 0. The zero-order valence-electron chi connectivity index (χ0n) is 13.9. The van der Waals surface area contributed by atoms with Crippen LogP contribution in [0.5, 0.6) is 0 Å². The Hall–Kier alpha value is 2.96. The average Bonchev–Trinajstić information content (AvgIpc) is 3.35. The molecule has 0 nitrogen and oxygen atoms in total. The van der Waals surface area contributed by atoms with E-state index >= 15 is 0 Å². The molecule has 0 N–H and O–H groups in total. The van der Waals surface area contributed by atoms with Crippen LogP contribution in [0.4, 0.5) is 0 Å². The van der Waals surface area contributed by atoms with E-state index < -0.39 is 0 Å². The monoisotopic (exact) mass is 588 g/mol. The second kappa shape index (κ2) is 11.1. The second-order valence-corrected chi connectivity index (χ2v) is 18.3. The third kappa shape index (κ3) is 9.13. The summed E-state index contributed by atoms with van der Waals surface area (Å²) in [6, 6.07) is 0. The van der Waals surface area contributed by atoms with E-state index in [2.05, 4.69) is 54.0 Å². The van der Waals surface area contributed by atoms with Gasteiger partial charge in [0, 0.05) is 0 Å². The Kier molecular flexibility index (Phi) is 9.97. The molecule has 23 heavy (non-hydrogen) atoms. The molecule has 3 heterocycles. The van der Waals surface area contributed by atoms with Gasteiger partial charge in [0.25, 0.3) is 0 Å². The SMILES string of the molecule is CCSCC(C[Se]CC1CS1)(C[Se]CC1CS1)C[Se]CC1CS1. The molecule has 3 saturated heterocycles. The van der Waals surface area contributed by atoms with Crippen LogP contribution in [0.25, 0.3) is 0 Å². The zero-order valence-corrected chi connectivity index (χ0v) is 22.3. The van der Waals surface area contributed by atoms with Crippen LogP contribution in [0.15, 0.2) is 0 Å². The molecule has 0 amide bonds. The number of thioether (sulfide) groups is 4. The van der Waals surface area contributed by atoms with Crippen molar-refractivity contribution in [2.24, 2.45) is 5.41 Å². The second-order valence-electron chi connectivity index (χ2n) is 6.55. The van der Waals surface area contributed by atoms with Crippen LogP contribution >= 0.6 is 47.0 Å². The summed E-state index contributed by atoms with van der Waals surface area (Å²) >= 11 is 11.7. The van der Waals surface area contributed by atoms with Crippen molar-refractivity contribution in [3.8, 4) is 0 Å². The fourth-order valence-electron chi connectivity index (χ4n) is 2.28. The molecule has 3 fully saturated rings. The zero-order chi connectivity index (χ0) is 16.0. The maximum absolute atomic E-state index is 2.36. The molecular formula is C16H28S4Se3. The fourth-order valence-corrected chi connectivity index (χ4v) is 19.2. The van der Waals surface area contributed by atoms with Crippen LogP contribution < -0.4 is 0 Å². The Labute approximate surface area is 179 Å². The molecule has 3 atom stereocenters. The van der Waals surface area contributed by atoms with Crippen molar-refractivity contribution in [1.29, 1.82) is 0 Å². The molecule has 0 aromatic rings. The summed E-state index contributed by atoms with van der Waals surface area (Å²) in [5, 5.41) is 12.8. The summed E-state index contributed by atoms with van der Waals surface area (Å²) in [6.45, 7) is 2.36. The maximum atomic E-state index is 2.36. The minimum absolute atomic E-state index is 0.763. The summed E-state index contributed by atoms with van der Waals surface area (Å²) < 4.78 is 0. The molecule has 0 aromatic heterocycles. The molecule has 3 rings (SSSR count).